The van der Waals surface area contributed by atoms with E-state index in [-0.39, 0.29) is 23.3 Å². The lowest BCUT2D eigenvalue weighted by molar-refractivity contribution is -0.125. The van der Waals surface area contributed by atoms with Crippen molar-refractivity contribution in [2.75, 3.05) is 13.1 Å². The zero-order valence-corrected chi connectivity index (χ0v) is 21.8. The molecule has 1 fully saturated rings. The molecule has 0 aliphatic carbocycles. The van der Waals surface area contributed by atoms with Crippen LogP contribution in [0.4, 0.5) is 0 Å². The summed E-state index contributed by atoms with van der Waals surface area (Å²) >= 11 is 6.50. The molecule has 4 rings (SSSR count). The number of benzene rings is 1. The smallest absolute Gasteiger partial charge is 0.270 e. The van der Waals surface area contributed by atoms with Gasteiger partial charge in [-0.25, -0.2) is 4.98 Å². The second-order valence-electron chi connectivity index (χ2n) is 10.3. The van der Waals surface area contributed by atoms with Gasteiger partial charge in [0, 0.05) is 48.7 Å². The summed E-state index contributed by atoms with van der Waals surface area (Å²) in [5.74, 6) is 0.553. The van der Waals surface area contributed by atoms with Gasteiger partial charge in [-0.05, 0) is 49.0 Å². The van der Waals surface area contributed by atoms with Gasteiger partial charge in [0.05, 0.1) is 11.2 Å². The highest BCUT2D eigenvalue weighted by Gasteiger charge is 2.28. The predicted molar refractivity (Wildman–Crippen MR) is 138 cm³/mol. The first-order chi connectivity index (χ1) is 16.5. The first-order valence-electron chi connectivity index (χ1n) is 11.9. The lowest BCUT2D eigenvalue weighted by Gasteiger charge is -2.20. The van der Waals surface area contributed by atoms with Gasteiger partial charge in [-0.15, -0.1) is 0 Å². The van der Waals surface area contributed by atoms with Crippen LogP contribution in [0.25, 0.3) is 10.9 Å². The SMILES string of the molecule is C=CC(=O)N1CC[C@@H](NC(=O)c2c(C)nc(CCc3[nH]nc4cc(Cl)c(C(C)(C)C)cc34)n2C)C1. The fourth-order valence-electron chi connectivity index (χ4n) is 4.78. The highest BCUT2D eigenvalue weighted by molar-refractivity contribution is 6.32. The second-order valence-corrected chi connectivity index (χ2v) is 10.7. The molecular weight excluding hydrogens is 464 g/mol. The quantitative estimate of drug-likeness (QED) is 0.506. The highest BCUT2D eigenvalue weighted by atomic mass is 35.5. The van der Waals surface area contributed by atoms with Crippen LogP contribution >= 0.6 is 11.6 Å². The molecule has 1 aromatic carbocycles. The summed E-state index contributed by atoms with van der Waals surface area (Å²) in [6.07, 6.45) is 3.39. The number of imidazole rings is 1. The molecule has 186 valence electrons. The van der Waals surface area contributed by atoms with Gasteiger partial charge >= 0.3 is 0 Å². The van der Waals surface area contributed by atoms with Gasteiger partial charge in [0.2, 0.25) is 5.91 Å². The van der Waals surface area contributed by atoms with Gasteiger partial charge in [-0.3, -0.25) is 14.7 Å². The molecule has 0 saturated carbocycles. The van der Waals surface area contributed by atoms with Crippen molar-refractivity contribution in [1.29, 1.82) is 0 Å². The van der Waals surface area contributed by atoms with Crippen LogP contribution < -0.4 is 5.32 Å². The summed E-state index contributed by atoms with van der Waals surface area (Å²) in [5.41, 5.74) is 4.11. The van der Waals surface area contributed by atoms with Gasteiger partial charge in [-0.2, -0.15) is 5.10 Å². The number of aromatic amines is 1. The van der Waals surface area contributed by atoms with E-state index in [2.05, 4.69) is 53.9 Å². The second kappa shape index (κ2) is 9.49. The molecule has 35 heavy (non-hydrogen) atoms. The van der Waals surface area contributed by atoms with E-state index in [1.54, 1.807) is 4.90 Å². The normalized spacial score (nSPS) is 16.2. The molecule has 0 spiro atoms. The van der Waals surface area contributed by atoms with E-state index in [1.165, 1.54) is 6.08 Å². The zero-order valence-electron chi connectivity index (χ0n) is 21.0. The van der Waals surface area contributed by atoms with Crippen LogP contribution in [0, 0.1) is 6.92 Å². The van der Waals surface area contributed by atoms with Crippen molar-refractivity contribution < 1.29 is 9.59 Å². The van der Waals surface area contributed by atoms with Crippen molar-refractivity contribution in [3.63, 3.8) is 0 Å². The lowest BCUT2D eigenvalue weighted by Crippen LogP contribution is -2.39. The van der Waals surface area contributed by atoms with Crippen LogP contribution in [-0.4, -0.2) is 55.6 Å². The number of carbonyl (C=O) groups excluding carboxylic acids is 2. The molecular formula is C26H33ClN6O2. The Morgan fingerprint density at radius 3 is 2.74 bits per heavy atom. The Morgan fingerprint density at radius 1 is 1.31 bits per heavy atom. The zero-order chi connectivity index (χ0) is 25.5. The third-order valence-electron chi connectivity index (χ3n) is 6.72. The number of likely N-dealkylation sites (tertiary alicyclic amines) is 1. The molecule has 1 aliphatic rings. The van der Waals surface area contributed by atoms with E-state index >= 15 is 0 Å². The summed E-state index contributed by atoms with van der Waals surface area (Å²) in [6, 6.07) is 3.96. The standard InChI is InChI=1S/C26H33ClN6O2/c1-7-23(34)33-11-10-16(14-33)29-25(35)24-15(2)28-22(32(24)6)9-8-20-17-12-18(26(3,4)5)19(27)13-21(17)31-30-20/h7,12-13,16H,1,8-11,14H2,2-6H3,(H,29,35)(H,30,31)/t16-/m1/s1. The van der Waals surface area contributed by atoms with Crippen LogP contribution in [0.1, 0.15) is 60.5 Å². The molecule has 1 aliphatic heterocycles. The summed E-state index contributed by atoms with van der Waals surface area (Å²) in [7, 11) is 1.87. The van der Waals surface area contributed by atoms with Crippen molar-refractivity contribution >= 4 is 34.3 Å². The minimum absolute atomic E-state index is 0.0752. The molecule has 0 bridgehead atoms. The summed E-state index contributed by atoms with van der Waals surface area (Å²) < 4.78 is 1.86. The largest absolute Gasteiger partial charge is 0.346 e. The van der Waals surface area contributed by atoms with E-state index < -0.39 is 0 Å². The van der Waals surface area contributed by atoms with Crippen molar-refractivity contribution in [2.45, 2.75) is 58.4 Å². The van der Waals surface area contributed by atoms with Crippen molar-refractivity contribution in [1.82, 2.24) is 30.0 Å². The number of halogens is 1. The first kappa shape index (κ1) is 25.0. The number of H-pyrrole nitrogens is 1. The number of amides is 2. The number of carbonyl (C=O) groups is 2. The lowest BCUT2D eigenvalue weighted by atomic mass is 9.86. The summed E-state index contributed by atoms with van der Waals surface area (Å²) in [4.78, 5) is 31.3. The Hall–Kier alpha value is -3.13. The summed E-state index contributed by atoms with van der Waals surface area (Å²) in [6.45, 7) is 12.9. The molecule has 3 aromatic rings. The number of nitrogens with zero attached hydrogens (tertiary/aromatic N) is 4. The number of hydrogen-bond acceptors (Lipinski definition) is 4. The molecule has 8 nitrogen and oxygen atoms in total. The average molecular weight is 497 g/mol. The fourth-order valence-corrected chi connectivity index (χ4v) is 5.22. The van der Waals surface area contributed by atoms with E-state index in [0.717, 1.165) is 39.4 Å². The number of fused-ring (bicyclic) bond motifs is 1. The number of aromatic nitrogens is 4. The van der Waals surface area contributed by atoms with Gasteiger partial charge in [-0.1, -0.05) is 39.0 Å². The molecule has 2 amide bonds. The monoisotopic (exact) mass is 496 g/mol. The molecule has 1 atom stereocenters. The van der Waals surface area contributed by atoms with Gasteiger partial charge in [0.15, 0.2) is 0 Å². The Kier molecular flexibility index (Phi) is 6.77. The molecule has 0 unspecified atom stereocenters. The maximum Gasteiger partial charge on any atom is 0.270 e. The molecule has 3 heterocycles. The van der Waals surface area contributed by atoms with Crippen LogP contribution in [-0.2, 0) is 30.1 Å². The number of rotatable bonds is 6. The van der Waals surface area contributed by atoms with E-state index in [1.807, 2.05) is 24.6 Å². The fraction of sp³-hybridized carbons (Fsp3) is 0.462. The van der Waals surface area contributed by atoms with Crippen LogP contribution in [0.3, 0.4) is 0 Å². The Bertz CT molecular complexity index is 1300. The molecule has 2 aromatic heterocycles. The van der Waals surface area contributed by atoms with Gasteiger partial charge < -0.3 is 14.8 Å². The topological polar surface area (TPSA) is 95.9 Å². The van der Waals surface area contributed by atoms with E-state index in [4.69, 9.17) is 11.6 Å². The number of hydrogen-bond donors (Lipinski definition) is 2. The first-order valence-corrected chi connectivity index (χ1v) is 12.3. The Balaban J connectivity index is 1.48. The van der Waals surface area contributed by atoms with Crippen LogP contribution in [0.15, 0.2) is 24.8 Å². The van der Waals surface area contributed by atoms with Crippen LogP contribution in [0.2, 0.25) is 5.02 Å². The molecule has 1 saturated heterocycles. The third-order valence-corrected chi connectivity index (χ3v) is 7.03. The molecule has 9 heteroatoms. The average Bonchev–Trinajstić information content (AvgIpc) is 3.48. The molecule has 0 radical (unpaired) electrons. The minimum atomic E-state index is -0.168. The summed E-state index contributed by atoms with van der Waals surface area (Å²) in [5, 5.41) is 12.4. The van der Waals surface area contributed by atoms with Gasteiger partial charge in [0.25, 0.3) is 5.91 Å². The maximum absolute atomic E-state index is 13.0. The van der Waals surface area contributed by atoms with Crippen molar-refractivity contribution in [3.8, 4) is 0 Å². The van der Waals surface area contributed by atoms with Gasteiger partial charge in [0.1, 0.15) is 11.5 Å². The highest BCUT2D eigenvalue weighted by Crippen LogP contribution is 2.33. The Morgan fingerprint density at radius 2 is 2.06 bits per heavy atom. The number of nitrogens with one attached hydrogen (secondary N) is 2. The number of aryl methyl sites for hydroxylation is 3. The van der Waals surface area contributed by atoms with Crippen molar-refractivity contribution in [2.24, 2.45) is 7.05 Å². The predicted octanol–water partition coefficient (Wildman–Crippen LogP) is 3.86. The minimum Gasteiger partial charge on any atom is -0.346 e. The maximum atomic E-state index is 13.0. The third kappa shape index (κ3) is 4.98. The molecule has 2 N–H and O–H groups in total. The van der Waals surface area contributed by atoms with E-state index in [9.17, 15) is 9.59 Å². The van der Waals surface area contributed by atoms with Crippen molar-refractivity contribution in [3.05, 3.63) is 58.3 Å². The van der Waals surface area contributed by atoms with Crippen LogP contribution in [0.5, 0.6) is 0 Å². The van der Waals surface area contributed by atoms with E-state index in [0.29, 0.717) is 37.3 Å². The Labute approximate surface area is 210 Å².